The molecule has 1 fully saturated rings. The number of nitrogens with one attached hydrogen (secondary N) is 1. The first-order valence-electron chi connectivity index (χ1n) is 8.65. The third-order valence-electron chi connectivity index (χ3n) is 4.02. The number of rotatable bonds is 6. The second-order valence-corrected chi connectivity index (χ2v) is 6.57. The minimum absolute atomic E-state index is 0.459. The lowest BCUT2D eigenvalue weighted by molar-refractivity contribution is 0.326. The molecule has 1 aliphatic rings. The molecular weight excluding hydrogens is 276 g/mol. The van der Waals surface area contributed by atoms with Gasteiger partial charge in [-0.2, -0.15) is 4.98 Å². The number of hydrogen-bond acceptors (Lipinski definition) is 5. The van der Waals surface area contributed by atoms with Crippen LogP contribution in [0.4, 0.5) is 11.5 Å². The number of anilines is 2. The van der Waals surface area contributed by atoms with Crippen LogP contribution in [0.2, 0.25) is 0 Å². The first-order chi connectivity index (χ1) is 10.6. The van der Waals surface area contributed by atoms with Crippen molar-refractivity contribution in [2.24, 2.45) is 5.92 Å². The van der Waals surface area contributed by atoms with Crippen LogP contribution in [-0.4, -0.2) is 22.6 Å². The summed E-state index contributed by atoms with van der Waals surface area (Å²) in [6.07, 6.45) is 8.43. The summed E-state index contributed by atoms with van der Waals surface area (Å²) in [5.74, 6) is 2.58. The van der Waals surface area contributed by atoms with Crippen LogP contribution in [0.1, 0.15) is 65.1 Å². The fourth-order valence-corrected chi connectivity index (χ4v) is 2.92. The molecule has 0 unspecified atom stereocenters. The van der Waals surface area contributed by atoms with Gasteiger partial charge in [-0.25, -0.2) is 4.98 Å². The van der Waals surface area contributed by atoms with Crippen molar-refractivity contribution < 1.29 is 4.74 Å². The van der Waals surface area contributed by atoms with E-state index in [1.807, 2.05) is 6.92 Å². The Morgan fingerprint density at radius 3 is 2.45 bits per heavy atom. The van der Waals surface area contributed by atoms with Crippen LogP contribution < -0.4 is 15.8 Å². The summed E-state index contributed by atoms with van der Waals surface area (Å²) in [5.41, 5.74) is 6.75. The molecule has 5 nitrogen and oxygen atoms in total. The SMILES string of the molecule is CCOc1nc(CC(C)C)nc(NC2CCCCCC2)c1N. The van der Waals surface area contributed by atoms with Crippen LogP contribution in [0, 0.1) is 5.92 Å². The second kappa shape index (κ2) is 8.20. The maximum atomic E-state index is 6.21. The van der Waals surface area contributed by atoms with Crippen LogP contribution in [0.25, 0.3) is 0 Å². The Labute approximate surface area is 134 Å². The number of ether oxygens (including phenoxy) is 1. The average molecular weight is 306 g/mol. The normalized spacial score (nSPS) is 16.5. The number of hydrogen-bond donors (Lipinski definition) is 2. The Morgan fingerprint density at radius 2 is 1.86 bits per heavy atom. The highest BCUT2D eigenvalue weighted by Gasteiger charge is 2.18. The maximum absolute atomic E-state index is 6.21. The van der Waals surface area contributed by atoms with E-state index < -0.39 is 0 Å². The largest absolute Gasteiger partial charge is 0.476 e. The molecule has 0 saturated heterocycles. The zero-order valence-corrected chi connectivity index (χ0v) is 14.2. The lowest BCUT2D eigenvalue weighted by Gasteiger charge is -2.20. The standard InChI is InChI=1S/C17H30N4O/c1-4-22-17-15(18)16(20-14(21-17)11-12(2)3)19-13-9-7-5-6-8-10-13/h12-13H,4-11,18H2,1-3H3,(H,19,20,21). The van der Waals surface area contributed by atoms with Gasteiger partial charge in [0.05, 0.1) is 6.61 Å². The average Bonchev–Trinajstić information content (AvgIpc) is 2.72. The van der Waals surface area contributed by atoms with Crippen LogP contribution in [0.5, 0.6) is 5.88 Å². The van der Waals surface area contributed by atoms with Gasteiger partial charge >= 0.3 is 0 Å². The van der Waals surface area contributed by atoms with Crippen LogP contribution >= 0.6 is 0 Å². The molecule has 1 saturated carbocycles. The van der Waals surface area contributed by atoms with Gasteiger partial charge in [0, 0.05) is 12.5 Å². The lowest BCUT2D eigenvalue weighted by Crippen LogP contribution is -2.21. The van der Waals surface area contributed by atoms with Gasteiger partial charge in [0.15, 0.2) is 5.82 Å². The van der Waals surface area contributed by atoms with E-state index in [9.17, 15) is 0 Å². The van der Waals surface area contributed by atoms with Crippen LogP contribution in [0.15, 0.2) is 0 Å². The highest BCUT2D eigenvalue weighted by atomic mass is 16.5. The Kier molecular flexibility index (Phi) is 6.28. The molecule has 1 heterocycles. The molecule has 0 aromatic carbocycles. The minimum atomic E-state index is 0.459. The molecule has 1 aliphatic carbocycles. The van der Waals surface area contributed by atoms with E-state index in [2.05, 4.69) is 29.1 Å². The molecule has 124 valence electrons. The molecule has 0 aliphatic heterocycles. The van der Waals surface area contributed by atoms with E-state index in [4.69, 9.17) is 10.5 Å². The fourth-order valence-electron chi connectivity index (χ4n) is 2.92. The van der Waals surface area contributed by atoms with Crippen LogP contribution in [-0.2, 0) is 6.42 Å². The van der Waals surface area contributed by atoms with E-state index in [1.165, 1.54) is 38.5 Å². The van der Waals surface area contributed by atoms with Crippen molar-refractivity contribution in [2.45, 2.75) is 71.8 Å². The minimum Gasteiger partial charge on any atom is -0.476 e. The van der Waals surface area contributed by atoms with E-state index in [0.717, 1.165) is 18.1 Å². The zero-order valence-electron chi connectivity index (χ0n) is 14.2. The van der Waals surface area contributed by atoms with Crippen molar-refractivity contribution in [3.63, 3.8) is 0 Å². The molecule has 1 aromatic rings. The van der Waals surface area contributed by atoms with Gasteiger partial charge < -0.3 is 15.8 Å². The van der Waals surface area contributed by atoms with E-state index >= 15 is 0 Å². The molecule has 3 N–H and O–H groups in total. The Hall–Kier alpha value is -1.52. The lowest BCUT2D eigenvalue weighted by atomic mass is 10.1. The highest BCUT2D eigenvalue weighted by Crippen LogP contribution is 2.29. The fraction of sp³-hybridized carbons (Fsp3) is 0.765. The number of nitrogens with zero attached hydrogens (tertiary/aromatic N) is 2. The summed E-state index contributed by atoms with van der Waals surface area (Å²) in [5, 5.41) is 3.55. The summed E-state index contributed by atoms with van der Waals surface area (Å²) in [6.45, 7) is 6.84. The highest BCUT2D eigenvalue weighted by molar-refractivity contribution is 5.67. The maximum Gasteiger partial charge on any atom is 0.242 e. The zero-order chi connectivity index (χ0) is 15.9. The van der Waals surface area contributed by atoms with Crippen LogP contribution in [0.3, 0.4) is 0 Å². The van der Waals surface area contributed by atoms with Gasteiger partial charge in [-0.3, -0.25) is 0 Å². The predicted molar refractivity (Wildman–Crippen MR) is 91.3 cm³/mol. The quantitative estimate of drug-likeness (QED) is 0.782. The van der Waals surface area contributed by atoms with Gasteiger partial charge in [0.1, 0.15) is 11.5 Å². The summed E-state index contributed by atoms with van der Waals surface area (Å²) in [7, 11) is 0. The molecule has 5 heteroatoms. The summed E-state index contributed by atoms with van der Waals surface area (Å²) in [4.78, 5) is 9.13. The molecule has 0 spiro atoms. The number of nitrogens with two attached hydrogens (primary N) is 1. The molecular formula is C17H30N4O. The molecule has 0 bridgehead atoms. The third kappa shape index (κ3) is 4.75. The molecule has 22 heavy (non-hydrogen) atoms. The number of nitrogen functional groups attached to an aromatic ring is 1. The molecule has 0 radical (unpaired) electrons. The van der Waals surface area contributed by atoms with Gasteiger partial charge in [-0.1, -0.05) is 39.5 Å². The Bertz CT molecular complexity index is 468. The molecule has 1 aromatic heterocycles. The van der Waals surface area contributed by atoms with Gasteiger partial charge in [0.2, 0.25) is 5.88 Å². The molecule has 0 atom stereocenters. The van der Waals surface area contributed by atoms with Crippen molar-refractivity contribution in [1.82, 2.24) is 9.97 Å². The van der Waals surface area contributed by atoms with Crippen molar-refractivity contribution in [2.75, 3.05) is 17.7 Å². The Balaban J connectivity index is 2.20. The summed E-state index contributed by atoms with van der Waals surface area (Å²) >= 11 is 0. The van der Waals surface area contributed by atoms with Crippen molar-refractivity contribution in [3.8, 4) is 5.88 Å². The Morgan fingerprint density at radius 1 is 1.18 bits per heavy atom. The summed E-state index contributed by atoms with van der Waals surface area (Å²) < 4.78 is 5.60. The first-order valence-corrected chi connectivity index (χ1v) is 8.65. The number of aromatic nitrogens is 2. The van der Waals surface area contributed by atoms with Crippen molar-refractivity contribution >= 4 is 11.5 Å². The topological polar surface area (TPSA) is 73.1 Å². The van der Waals surface area contributed by atoms with E-state index in [1.54, 1.807) is 0 Å². The van der Waals surface area contributed by atoms with Crippen molar-refractivity contribution in [3.05, 3.63) is 5.82 Å². The monoisotopic (exact) mass is 306 g/mol. The first kappa shape index (κ1) is 16.8. The van der Waals surface area contributed by atoms with Gasteiger partial charge in [0.25, 0.3) is 0 Å². The van der Waals surface area contributed by atoms with E-state index in [-0.39, 0.29) is 0 Å². The van der Waals surface area contributed by atoms with E-state index in [0.29, 0.717) is 30.1 Å². The predicted octanol–water partition coefficient (Wildman–Crippen LogP) is 3.79. The molecule has 2 rings (SSSR count). The smallest absolute Gasteiger partial charge is 0.242 e. The van der Waals surface area contributed by atoms with Crippen molar-refractivity contribution in [1.29, 1.82) is 0 Å². The second-order valence-electron chi connectivity index (χ2n) is 6.57. The van der Waals surface area contributed by atoms with Gasteiger partial charge in [-0.05, 0) is 25.7 Å². The summed E-state index contributed by atoms with van der Waals surface area (Å²) in [6, 6.07) is 0.459. The molecule has 0 amide bonds. The third-order valence-corrected chi connectivity index (χ3v) is 4.02. The van der Waals surface area contributed by atoms with Gasteiger partial charge in [-0.15, -0.1) is 0 Å².